The topological polar surface area (TPSA) is 21.8 Å². The van der Waals surface area contributed by atoms with Crippen molar-refractivity contribution in [3.8, 4) is 0 Å². The third-order valence-corrected chi connectivity index (χ3v) is 1.52. The Kier molecular flexibility index (Phi) is 26.4. The number of hydrogen-bond donors (Lipinski definition) is 0. The van der Waals surface area contributed by atoms with Crippen LogP contribution in [0.15, 0.2) is 49.3 Å². The first-order valence-electron chi connectivity index (χ1n) is 7.23. The maximum absolute atomic E-state index is 5.44. The molecule has 1 aliphatic rings. The molecule has 0 spiro atoms. The van der Waals surface area contributed by atoms with Crippen LogP contribution in [-0.4, -0.2) is 19.3 Å². The van der Waals surface area contributed by atoms with Gasteiger partial charge in [0.05, 0.1) is 6.61 Å². The van der Waals surface area contributed by atoms with Crippen molar-refractivity contribution in [1.82, 2.24) is 0 Å². The first-order chi connectivity index (χ1) is 9.36. The van der Waals surface area contributed by atoms with E-state index in [9.17, 15) is 0 Å². The number of ether oxygens (including phenoxy) is 2. The molecule has 0 aromatic heterocycles. The van der Waals surface area contributed by atoms with E-state index in [1.54, 1.807) is 12.2 Å². The summed E-state index contributed by atoms with van der Waals surface area (Å²) in [6.07, 6.45) is 9.15. The summed E-state index contributed by atoms with van der Waals surface area (Å²) in [4.78, 5) is 0. The molecular formula is C17H32O2. The van der Waals surface area contributed by atoms with Crippen LogP contribution in [0.25, 0.3) is 0 Å². The van der Waals surface area contributed by atoms with Crippen molar-refractivity contribution in [2.75, 3.05) is 13.2 Å². The highest BCUT2D eigenvalue weighted by Crippen LogP contribution is 2.11. The van der Waals surface area contributed by atoms with Crippen molar-refractivity contribution in [2.45, 2.75) is 47.6 Å². The number of hydrogen-bond acceptors (Lipinski definition) is 2. The number of epoxide rings is 1. The molecule has 19 heavy (non-hydrogen) atoms. The van der Waals surface area contributed by atoms with Crippen LogP contribution < -0.4 is 0 Å². The van der Waals surface area contributed by atoms with E-state index >= 15 is 0 Å². The van der Waals surface area contributed by atoms with Crippen LogP contribution in [0.5, 0.6) is 0 Å². The molecule has 1 rings (SSSR count). The van der Waals surface area contributed by atoms with E-state index in [2.05, 4.69) is 13.2 Å². The van der Waals surface area contributed by atoms with E-state index in [-0.39, 0.29) is 6.10 Å². The summed E-state index contributed by atoms with van der Waals surface area (Å²) in [6.45, 7) is 20.6. The highest BCUT2D eigenvalue weighted by Gasteiger charge is 2.22. The van der Waals surface area contributed by atoms with E-state index in [1.165, 1.54) is 0 Å². The van der Waals surface area contributed by atoms with Gasteiger partial charge in [-0.1, -0.05) is 72.9 Å². The minimum atomic E-state index is 0.283. The molecule has 0 radical (unpaired) electrons. The monoisotopic (exact) mass is 268 g/mol. The van der Waals surface area contributed by atoms with Gasteiger partial charge in [-0.15, -0.1) is 0 Å². The minimum Gasteiger partial charge on any atom is -0.491 e. The highest BCUT2D eigenvalue weighted by atomic mass is 16.6. The van der Waals surface area contributed by atoms with Gasteiger partial charge in [0.25, 0.3) is 0 Å². The third-order valence-electron chi connectivity index (χ3n) is 1.52. The smallest absolute Gasteiger partial charge is 0.119 e. The molecule has 0 bridgehead atoms. The second-order valence-electron chi connectivity index (χ2n) is 2.67. The van der Waals surface area contributed by atoms with Gasteiger partial charge >= 0.3 is 0 Å². The molecule has 0 aromatic carbocycles. The molecule has 112 valence electrons. The Labute approximate surface area is 120 Å². The highest BCUT2D eigenvalue weighted by molar-refractivity contribution is 5.20. The van der Waals surface area contributed by atoms with Crippen molar-refractivity contribution in [2.24, 2.45) is 0 Å². The summed E-state index contributed by atoms with van der Waals surface area (Å²) < 4.78 is 10.5. The maximum atomic E-state index is 5.44. The van der Waals surface area contributed by atoms with Gasteiger partial charge in [-0.05, 0) is 12.2 Å². The molecule has 2 nitrogen and oxygen atoms in total. The molecule has 0 aliphatic carbocycles. The third kappa shape index (κ3) is 19.2. The summed E-state index contributed by atoms with van der Waals surface area (Å²) >= 11 is 0. The molecule has 1 aliphatic heterocycles. The zero-order chi connectivity index (χ0) is 15.5. The summed E-state index contributed by atoms with van der Waals surface area (Å²) in [5.74, 6) is 0.783. The zero-order valence-corrected chi connectivity index (χ0v) is 13.6. The van der Waals surface area contributed by atoms with Gasteiger partial charge in [0.1, 0.15) is 18.5 Å². The summed E-state index contributed by atoms with van der Waals surface area (Å²) in [5, 5.41) is 0. The number of allylic oxidation sites excluding steroid dienone is 5. The van der Waals surface area contributed by atoms with Crippen molar-refractivity contribution < 1.29 is 9.47 Å². The molecule has 0 amide bonds. The summed E-state index contributed by atoms with van der Waals surface area (Å²) in [6, 6.07) is 0. The van der Waals surface area contributed by atoms with E-state index in [1.807, 2.05) is 59.8 Å². The largest absolute Gasteiger partial charge is 0.491 e. The fourth-order valence-electron chi connectivity index (χ4n) is 0.784. The lowest BCUT2D eigenvalue weighted by Crippen LogP contribution is -1.99. The molecule has 1 saturated heterocycles. The Morgan fingerprint density at radius 1 is 1.11 bits per heavy atom. The molecule has 1 atom stereocenters. The van der Waals surface area contributed by atoms with E-state index < -0.39 is 0 Å². The van der Waals surface area contributed by atoms with Gasteiger partial charge in [0, 0.05) is 0 Å². The van der Waals surface area contributed by atoms with Crippen molar-refractivity contribution >= 4 is 0 Å². The molecular weight excluding hydrogens is 236 g/mol. The lowest BCUT2D eigenvalue weighted by atomic mass is 10.3. The van der Waals surface area contributed by atoms with Crippen LogP contribution in [0.3, 0.4) is 0 Å². The van der Waals surface area contributed by atoms with Gasteiger partial charge in [-0.3, -0.25) is 0 Å². The Bertz CT molecular complexity index is 236. The normalized spacial score (nSPS) is 15.7. The second kappa shape index (κ2) is 21.9. The fourth-order valence-corrected chi connectivity index (χ4v) is 0.784. The predicted molar refractivity (Wildman–Crippen MR) is 87.4 cm³/mol. The maximum Gasteiger partial charge on any atom is 0.119 e. The Balaban J connectivity index is -0.000000375. The van der Waals surface area contributed by atoms with Crippen LogP contribution in [0, 0.1) is 0 Å². The van der Waals surface area contributed by atoms with E-state index in [4.69, 9.17) is 9.47 Å². The molecule has 1 heterocycles. The Morgan fingerprint density at radius 2 is 1.63 bits per heavy atom. The molecule has 1 unspecified atom stereocenters. The van der Waals surface area contributed by atoms with Crippen molar-refractivity contribution in [3.05, 3.63) is 49.3 Å². The minimum absolute atomic E-state index is 0.283. The molecule has 0 saturated carbocycles. The summed E-state index contributed by atoms with van der Waals surface area (Å²) in [7, 11) is 0. The van der Waals surface area contributed by atoms with Crippen LogP contribution in [-0.2, 0) is 9.47 Å². The van der Waals surface area contributed by atoms with E-state index in [0.29, 0.717) is 6.61 Å². The SMILES string of the molecule is C=C/C=C\C(=C/C=C)OCC1CO1.CC.CC.CC. The second-order valence-corrected chi connectivity index (χ2v) is 2.67. The lowest BCUT2D eigenvalue weighted by Gasteiger charge is -2.03. The quantitative estimate of drug-likeness (QED) is 0.371. The average Bonchev–Trinajstić information content (AvgIpc) is 3.32. The van der Waals surface area contributed by atoms with Crippen molar-refractivity contribution in [3.63, 3.8) is 0 Å². The Morgan fingerprint density at radius 3 is 2.00 bits per heavy atom. The van der Waals surface area contributed by atoms with Gasteiger partial charge in [0.15, 0.2) is 0 Å². The van der Waals surface area contributed by atoms with Crippen LogP contribution >= 0.6 is 0 Å². The summed E-state index contributed by atoms with van der Waals surface area (Å²) in [5.41, 5.74) is 0. The van der Waals surface area contributed by atoms with Gasteiger partial charge < -0.3 is 9.47 Å². The van der Waals surface area contributed by atoms with Crippen LogP contribution in [0.2, 0.25) is 0 Å². The molecule has 1 fully saturated rings. The van der Waals surface area contributed by atoms with Crippen molar-refractivity contribution in [1.29, 1.82) is 0 Å². The first kappa shape index (κ1) is 22.9. The standard InChI is InChI=1S/C11H14O2.3C2H6/c1-3-5-7-10(6-4-2)12-8-11-9-13-11;3*1-2/h3-7,11H,1-2,8-9H2;3*1-2H3/b7-5-,10-6+;;;. The Hall–Kier alpha value is -1.28. The van der Waals surface area contributed by atoms with Crippen LogP contribution in [0.4, 0.5) is 0 Å². The zero-order valence-electron chi connectivity index (χ0n) is 13.6. The number of rotatable bonds is 6. The molecule has 2 heteroatoms. The van der Waals surface area contributed by atoms with Crippen LogP contribution in [0.1, 0.15) is 41.5 Å². The first-order valence-corrected chi connectivity index (χ1v) is 7.23. The molecule has 0 N–H and O–H groups in total. The predicted octanol–water partition coefficient (Wildman–Crippen LogP) is 5.29. The van der Waals surface area contributed by atoms with Gasteiger partial charge in [-0.25, -0.2) is 0 Å². The van der Waals surface area contributed by atoms with Gasteiger partial charge in [-0.2, -0.15) is 0 Å². The van der Waals surface area contributed by atoms with E-state index in [0.717, 1.165) is 12.4 Å². The molecule has 0 aromatic rings. The fraction of sp³-hybridized carbons (Fsp3) is 0.529. The van der Waals surface area contributed by atoms with Gasteiger partial charge in [0.2, 0.25) is 0 Å². The average molecular weight is 268 g/mol. The lowest BCUT2D eigenvalue weighted by molar-refractivity contribution is 0.193.